The van der Waals surface area contributed by atoms with E-state index >= 15 is 0 Å². The molecule has 1 aromatic heterocycles. The molecule has 1 aliphatic heterocycles. The molecule has 2 N–H and O–H groups in total. The van der Waals surface area contributed by atoms with Gasteiger partial charge in [0.2, 0.25) is 0 Å². The Morgan fingerprint density at radius 2 is 2.23 bits per heavy atom. The predicted molar refractivity (Wildman–Crippen MR) is 89.6 cm³/mol. The molecule has 22 heavy (non-hydrogen) atoms. The topological polar surface area (TPSA) is 63.2 Å². The molecule has 2 heterocycles. The van der Waals surface area contributed by atoms with Crippen molar-refractivity contribution in [3.63, 3.8) is 0 Å². The molecule has 1 saturated carbocycles. The molecule has 118 valence electrons. The van der Waals surface area contributed by atoms with Crippen molar-refractivity contribution in [2.45, 2.75) is 51.7 Å². The normalized spacial score (nSPS) is 21.6. The maximum atomic E-state index is 12.4. The molecule has 3 rings (SSSR count). The highest BCUT2D eigenvalue weighted by Crippen LogP contribution is 2.42. The number of ether oxygens (including phenoxy) is 1. The molecule has 1 aliphatic carbocycles. The monoisotopic (exact) mass is 337 g/mol. The second kappa shape index (κ2) is 5.96. The molecule has 0 radical (unpaired) electrons. The molecule has 0 spiro atoms. The van der Waals surface area contributed by atoms with E-state index in [1.165, 1.54) is 12.8 Å². The summed E-state index contributed by atoms with van der Waals surface area (Å²) >= 11 is 6.88. The second-order valence-electron chi connectivity index (χ2n) is 5.91. The van der Waals surface area contributed by atoms with Gasteiger partial charge in [0.15, 0.2) is 5.11 Å². The van der Waals surface area contributed by atoms with Crippen LogP contribution in [0.4, 0.5) is 0 Å². The SMILES string of the molecule is CC1=C(C(=O)OC(C)C)[C@H](c2csc(C3CC3)n2)NC(=S)N1. The minimum atomic E-state index is -0.344. The van der Waals surface area contributed by atoms with Crippen molar-refractivity contribution >= 4 is 34.6 Å². The molecule has 1 fully saturated rings. The van der Waals surface area contributed by atoms with E-state index in [1.54, 1.807) is 11.3 Å². The van der Waals surface area contributed by atoms with Crippen molar-refractivity contribution in [3.8, 4) is 0 Å². The van der Waals surface area contributed by atoms with Crippen LogP contribution in [0.5, 0.6) is 0 Å². The van der Waals surface area contributed by atoms with Crippen molar-refractivity contribution in [3.05, 3.63) is 27.4 Å². The lowest BCUT2D eigenvalue weighted by atomic mass is 10.0. The summed E-state index contributed by atoms with van der Waals surface area (Å²) in [6.45, 7) is 5.52. The Morgan fingerprint density at radius 1 is 1.50 bits per heavy atom. The van der Waals surface area contributed by atoms with Crippen LogP contribution in [0.15, 0.2) is 16.7 Å². The Kier molecular flexibility index (Phi) is 4.18. The highest BCUT2D eigenvalue weighted by Gasteiger charge is 2.34. The number of rotatable bonds is 4. The maximum absolute atomic E-state index is 12.4. The number of carbonyl (C=O) groups is 1. The van der Waals surface area contributed by atoms with Crippen LogP contribution in [0.3, 0.4) is 0 Å². The number of aromatic nitrogens is 1. The fourth-order valence-electron chi connectivity index (χ4n) is 2.41. The number of hydrogen-bond donors (Lipinski definition) is 2. The minimum absolute atomic E-state index is 0.167. The van der Waals surface area contributed by atoms with Gasteiger partial charge in [0, 0.05) is 17.0 Å². The summed E-state index contributed by atoms with van der Waals surface area (Å²) in [4.78, 5) is 17.1. The summed E-state index contributed by atoms with van der Waals surface area (Å²) in [7, 11) is 0. The lowest BCUT2D eigenvalue weighted by Crippen LogP contribution is -2.45. The summed E-state index contributed by atoms with van der Waals surface area (Å²) in [5.41, 5.74) is 2.11. The Bertz CT molecular complexity index is 647. The molecule has 1 aromatic rings. The third-order valence-corrected chi connectivity index (χ3v) is 4.84. The molecule has 7 heteroatoms. The molecule has 1 atom stereocenters. The first-order chi connectivity index (χ1) is 10.5. The van der Waals surface area contributed by atoms with Crippen LogP contribution in [-0.4, -0.2) is 22.2 Å². The largest absolute Gasteiger partial charge is 0.459 e. The maximum Gasteiger partial charge on any atom is 0.338 e. The highest BCUT2D eigenvalue weighted by atomic mass is 32.1. The van der Waals surface area contributed by atoms with Crippen LogP contribution in [-0.2, 0) is 9.53 Å². The van der Waals surface area contributed by atoms with E-state index in [2.05, 4.69) is 10.6 Å². The van der Waals surface area contributed by atoms with Gasteiger partial charge in [0.1, 0.15) is 6.04 Å². The van der Waals surface area contributed by atoms with Crippen LogP contribution >= 0.6 is 23.6 Å². The van der Waals surface area contributed by atoms with Crippen molar-refractivity contribution < 1.29 is 9.53 Å². The molecular weight excluding hydrogens is 318 g/mol. The minimum Gasteiger partial charge on any atom is -0.459 e. The highest BCUT2D eigenvalue weighted by molar-refractivity contribution is 7.80. The Labute approximate surface area is 139 Å². The molecule has 0 unspecified atom stereocenters. The van der Waals surface area contributed by atoms with E-state index in [0.717, 1.165) is 16.4 Å². The van der Waals surface area contributed by atoms with E-state index < -0.39 is 0 Å². The number of hydrogen-bond acceptors (Lipinski definition) is 5. The standard InChI is InChI=1S/C15H19N3O2S2/c1-7(2)20-14(19)11-8(3)16-15(21)18-12(11)10-6-22-13(17-10)9-4-5-9/h6-7,9,12H,4-5H2,1-3H3,(H2,16,18,21)/t12-/m0/s1. The zero-order valence-corrected chi connectivity index (χ0v) is 14.4. The summed E-state index contributed by atoms with van der Waals surface area (Å²) in [5, 5.41) is 9.81. The average Bonchev–Trinajstić information content (AvgIpc) is 3.14. The molecular formula is C15H19N3O2S2. The van der Waals surface area contributed by atoms with Gasteiger partial charge in [0.25, 0.3) is 0 Å². The summed E-state index contributed by atoms with van der Waals surface area (Å²) in [5.74, 6) is 0.268. The van der Waals surface area contributed by atoms with Gasteiger partial charge in [-0.2, -0.15) is 0 Å². The van der Waals surface area contributed by atoms with Crippen LogP contribution in [0.25, 0.3) is 0 Å². The van der Waals surface area contributed by atoms with Gasteiger partial charge in [-0.05, 0) is 45.8 Å². The number of carbonyl (C=O) groups excluding carboxylic acids is 1. The summed E-state index contributed by atoms with van der Waals surface area (Å²) < 4.78 is 5.37. The summed E-state index contributed by atoms with van der Waals surface area (Å²) in [6.07, 6.45) is 2.25. The first-order valence-electron chi connectivity index (χ1n) is 7.40. The van der Waals surface area contributed by atoms with Gasteiger partial charge in [-0.25, -0.2) is 9.78 Å². The van der Waals surface area contributed by atoms with Crippen LogP contribution in [0, 0.1) is 0 Å². The zero-order chi connectivity index (χ0) is 15.9. The van der Waals surface area contributed by atoms with E-state index in [9.17, 15) is 4.79 Å². The molecule has 0 amide bonds. The number of nitrogens with zero attached hydrogens (tertiary/aromatic N) is 1. The van der Waals surface area contributed by atoms with Gasteiger partial charge < -0.3 is 15.4 Å². The zero-order valence-electron chi connectivity index (χ0n) is 12.8. The van der Waals surface area contributed by atoms with Crippen molar-refractivity contribution in [2.24, 2.45) is 0 Å². The Balaban J connectivity index is 1.92. The molecule has 0 bridgehead atoms. The lowest BCUT2D eigenvalue weighted by Gasteiger charge is -2.29. The summed E-state index contributed by atoms with van der Waals surface area (Å²) in [6, 6.07) is -0.344. The van der Waals surface area contributed by atoms with E-state index in [4.69, 9.17) is 21.9 Å². The first kappa shape index (κ1) is 15.4. The number of thiazole rings is 1. The molecule has 0 aromatic carbocycles. The molecule has 0 saturated heterocycles. The van der Waals surface area contributed by atoms with E-state index in [-0.39, 0.29) is 18.1 Å². The van der Waals surface area contributed by atoms with Gasteiger partial charge in [-0.1, -0.05) is 0 Å². The Morgan fingerprint density at radius 3 is 2.86 bits per heavy atom. The smallest absolute Gasteiger partial charge is 0.338 e. The lowest BCUT2D eigenvalue weighted by molar-refractivity contribution is -0.143. The van der Waals surface area contributed by atoms with Crippen molar-refractivity contribution in [1.29, 1.82) is 0 Å². The third kappa shape index (κ3) is 3.15. The second-order valence-corrected chi connectivity index (χ2v) is 7.21. The van der Waals surface area contributed by atoms with Gasteiger partial charge in [-0.15, -0.1) is 11.3 Å². The fourth-order valence-corrected chi connectivity index (χ4v) is 3.70. The van der Waals surface area contributed by atoms with Crippen LogP contribution < -0.4 is 10.6 Å². The van der Waals surface area contributed by atoms with Gasteiger partial charge >= 0.3 is 5.97 Å². The quantitative estimate of drug-likeness (QED) is 0.651. The molecule has 2 aliphatic rings. The average molecular weight is 337 g/mol. The van der Waals surface area contributed by atoms with E-state index in [1.807, 2.05) is 26.2 Å². The van der Waals surface area contributed by atoms with Crippen molar-refractivity contribution in [1.82, 2.24) is 15.6 Å². The van der Waals surface area contributed by atoms with Crippen LogP contribution in [0.1, 0.15) is 56.3 Å². The number of thiocarbonyl (C=S) groups is 1. The van der Waals surface area contributed by atoms with E-state index in [0.29, 0.717) is 16.6 Å². The number of nitrogens with one attached hydrogen (secondary N) is 2. The van der Waals surface area contributed by atoms with Gasteiger partial charge in [0.05, 0.1) is 22.4 Å². The first-order valence-corrected chi connectivity index (χ1v) is 8.69. The number of esters is 1. The Hall–Kier alpha value is -1.47. The fraction of sp³-hybridized carbons (Fsp3) is 0.533. The van der Waals surface area contributed by atoms with Gasteiger partial charge in [-0.3, -0.25) is 0 Å². The predicted octanol–water partition coefficient (Wildman–Crippen LogP) is 2.76. The number of allylic oxidation sites excluding steroid dienone is 1. The van der Waals surface area contributed by atoms with Crippen LogP contribution in [0.2, 0.25) is 0 Å². The third-order valence-electron chi connectivity index (χ3n) is 3.59. The molecule has 5 nitrogen and oxygen atoms in total. The van der Waals surface area contributed by atoms with Crippen molar-refractivity contribution in [2.75, 3.05) is 0 Å².